The van der Waals surface area contributed by atoms with Gasteiger partial charge in [0.1, 0.15) is 5.15 Å². The summed E-state index contributed by atoms with van der Waals surface area (Å²) in [6.07, 6.45) is 4.89. The summed E-state index contributed by atoms with van der Waals surface area (Å²) in [5.74, 6) is 0.587. The molecule has 1 aliphatic rings. The van der Waals surface area contributed by atoms with E-state index in [1.807, 2.05) is 4.90 Å². The van der Waals surface area contributed by atoms with Crippen LogP contribution in [-0.4, -0.2) is 27.9 Å². The standard InChI is InChI=1S/C15H21ClN2O/c1-4-10(2)11(3)18(13-6-7-13)15(19)12-5-8-14(16)17-9-12/h5,8-11,13H,4,6-7H2,1-3H3/t10-,11+/m0/s1. The molecule has 4 heteroatoms. The summed E-state index contributed by atoms with van der Waals surface area (Å²) < 4.78 is 0. The van der Waals surface area contributed by atoms with Crippen LogP contribution < -0.4 is 0 Å². The van der Waals surface area contributed by atoms with Crippen LogP contribution in [0.2, 0.25) is 5.15 Å². The molecule has 1 fully saturated rings. The van der Waals surface area contributed by atoms with Crippen LogP contribution >= 0.6 is 11.6 Å². The van der Waals surface area contributed by atoms with Gasteiger partial charge in [-0.1, -0.05) is 31.9 Å². The highest BCUT2D eigenvalue weighted by Crippen LogP contribution is 2.32. The van der Waals surface area contributed by atoms with Crippen LogP contribution in [0.1, 0.15) is 50.4 Å². The smallest absolute Gasteiger partial charge is 0.255 e. The van der Waals surface area contributed by atoms with E-state index in [1.165, 1.54) is 0 Å². The largest absolute Gasteiger partial charge is 0.333 e. The predicted octanol–water partition coefficient (Wildman–Crippen LogP) is 3.77. The molecule has 104 valence electrons. The van der Waals surface area contributed by atoms with Crippen LogP contribution in [0.3, 0.4) is 0 Å². The van der Waals surface area contributed by atoms with Crippen molar-refractivity contribution < 1.29 is 4.79 Å². The second-order valence-corrected chi connectivity index (χ2v) is 5.83. The lowest BCUT2D eigenvalue weighted by molar-refractivity contribution is 0.0615. The molecule has 0 unspecified atom stereocenters. The Kier molecular flexibility index (Phi) is 4.46. The zero-order valence-corrected chi connectivity index (χ0v) is 12.5. The maximum absolute atomic E-state index is 12.6. The van der Waals surface area contributed by atoms with Gasteiger partial charge >= 0.3 is 0 Å². The van der Waals surface area contributed by atoms with E-state index in [1.54, 1.807) is 18.3 Å². The molecule has 1 saturated carbocycles. The van der Waals surface area contributed by atoms with Gasteiger partial charge in [-0.2, -0.15) is 0 Å². The molecule has 1 aromatic heterocycles. The van der Waals surface area contributed by atoms with E-state index < -0.39 is 0 Å². The highest BCUT2D eigenvalue weighted by atomic mass is 35.5. The molecule has 0 bridgehead atoms. The number of carbonyl (C=O) groups excluding carboxylic acids is 1. The molecule has 3 nitrogen and oxygen atoms in total. The lowest BCUT2D eigenvalue weighted by Gasteiger charge is -2.33. The van der Waals surface area contributed by atoms with E-state index in [2.05, 4.69) is 25.8 Å². The number of carbonyl (C=O) groups is 1. The van der Waals surface area contributed by atoms with Crippen molar-refractivity contribution in [1.29, 1.82) is 0 Å². The summed E-state index contributed by atoms with van der Waals surface area (Å²) in [5.41, 5.74) is 0.631. The third-order valence-corrected chi connectivity index (χ3v) is 4.28. The summed E-state index contributed by atoms with van der Waals surface area (Å²) in [7, 11) is 0. The fourth-order valence-electron chi connectivity index (χ4n) is 2.30. The molecule has 1 aromatic rings. The quantitative estimate of drug-likeness (QED) is 0.769. The fraction of sp³-hybridized carbons (Fsp3) is 0.600. The highest BCUT2D eigenvalue weighted by molar-refractivity contribution is 6.29. The lowest BCUT2D eigenvalue weighted by atomic mass is 9.98. The molecule has 19 heavy (non-hydrogen) atoms. The van der Waals surface area contributed by atoms with Gasteiger partial charge in [-0.25, -0.2) is 4.98 Å². The first-order chi connectivity index (χ1) is 9.04. The predicted molar refractivity (Wildman–Crippen MR) is 77.4 cm³/mol. The van der Waals surface area contributed by atoms with Crippen molar-refractivity contribution in [1.82, 2.24) is 9.88 Å². The van der Waals surface area contributed by atoms with E-state index >= 15 is 0 Å². The van der Waals surface area contributed by atoms with Crippen LogP contribution in [-0.2, 0) is 0 Å². The fourth-order valence-corrected chi connectivity index (χ4v) is 2.41. The Morgan fingerprint density at radius 1 is 1.47 bits per heavy atom. The third-order valence-electron chi connectivity index (χ3n) is 4.06. The van der Waals surface area contributed by atoms with Crippen molar-refractivity contribution in [3.05, 3.63) is 29.0 Å². The van der Waals surface area contributed by atoms with E-state index in [9.17, 15) is 4.79 Å². The van der Waals surface area contributed by atoms with Crippen LogP contribution in [0.25, 0.3) is 0 Å². The van der Waals surface area contributed by atoms with E-state index in [4.69, 9.17) is 11.6 Å². The van der Waals surface area contributed by atoms with Crippen molar-refractivity contribution >= 4 is 17.5 Å². The van der Waals surface area contributed by atoms with Gasteiger partial charge in [0, 0.05) is 18.3 Å². The minimum Gasteiger partial charge on any atom is -0.333 e. The van der Waals surface area contributed by atoms with Crippen LogP contribution in [0, 0.1) is 5.92 Å². The second-order valence-electron chi connectivity index (χ2n) is 5.44. The maximum Gasteiger partial charge on any atom is 0.255 e. The molecule has 0 saturated heterocycles. The number of nitrogens with zero attached hydrogens (tertiary/aromatic N) is 2. The zero-order valence-electron chi connectivity index (χ0n) is 11.8. The first kappa shape index (κ1) is 14.3. The molecule has 2 rings (SSSR count). The summed E-state index contributed by atoms with van der Waals surface area (Å²) in [4.78, 5) is 18.7. The number of aromatic nitrogens is 1. The summed E-state index contributed by atoms with van der Waals surface area (Å²) in [6, 6.07) is 4.11. The van der Waals surface area contributed by atoms with Gasteiger partial charge in [0.05, 0.1) is 5.56 Å². The SMILES string of the molecule is CC[C@H](C)[C@@H](C)N(C(=O)c1ccc(Cl)nc1)C1CC1. The summed E-state index contributed by atoms with van der Waals surface area (Å²) in [5, 5.41) is 0.421. The number of pyridine rings is 1. The van der Waals surface area contributed by atoms with Crippen molar-refractivity contribution in [2.24, 2.45) is 5.92 Å². The molecule has 0 radical (unpaired) electrons. The van der Waals surface area contributed by atoms with Crippen molar-refractivity contribution in [3.63, 3.8) is 0 Å². The topological polar surface area (TPSA) is 33.2 Å². The zero-order chi connectivity index (χ0) is 14.0. The van der Waals surface area contributed by atoms with Crippen molar-refractivity contribution in [3.8, 4) is 0 Å². The summed E-state index contributed by atoms with van der Waals surface area (Å²) >= 11 is 5.77. The average Bonchev–Trinajstić information content (AvgIpc) is 3.23. The molecule has 1 aliphatic carbocycles. The molecular formula is C15H21ClN2O. The number of rotatable bonds is 5. The van der Waals surface area contributed by atoms with Crippen LogP contribution in [0.4, 0.5) is 0 Å². The summed E-state index contributed by atoms with van der Waals surface area (Å²) in [6.45, 7) is 6.52. The van der Waals surface area contributed by atoms with Crippen LogP contribution in [0.5, 0.6) is 0 Å². The molecular weight excluding hydrogens is 260 g/mol. The third kappa shape index (κ3) is 3.27. The maximum atomic E-state index is 12.6. The molecule has 1 amide bonds. The monoisotopic (exact) mass is 280 g/mol. The Morgan fingerprint density at radius 3 is 2.63 bits per heavy atom. The average molecular weight is 281 g/mol. The Morgan fingerprint density at radius 2 is 2.16 bits per heavy atom. The number of hydrogen-bond acceptors (Lipinski definition) is 2. The molecule has 0 aliphatic heterocycles. The second kappa shape index (κ2) is 5.91. The minimum absolute atomic E-state index is 0.0828. The van der Waals surface area contributed by atoms with E-state index in [0.717, 1.165) is 19.3 Å². The van der Waals surface area contributed by atoms with Gasteiger partial charge < -0.3 is 4.90 Å². The van der Waals surface area contributed by atoms with Crippen molar-refractivity contribution in [2.75, 3.05) is 0 Å². The normalized spacial score (nSPS) is 17.9. The minimum atomic E-state index is 0.0828. The Labute approximate surface area is 120 Å². The van der Waals surface area contributed by atoms with Crippen LogP contribution in [0.15, 0.2) is 18.3 Å². The molecule has 2 atom stereocenters. The van der Waals surface area contributed by atoms with E-state index in [0.29, 0.717) is 22.7 Å². The van der Waals surface area contributed by atoms with Gasteiger partial charge in [-0.3, -0.25) is 4.79 Å². The van der Waals surface area contributed by atoms with Gasteiger partial charge in [-0.15, -0.1) is 0 Å². The molecule has 0 aromatic carbocycles. The van der Waals surface area contributed by atoms with Gasteiger partial charge in [0.15, 0.2) is 0 Å². The molecule has 1 heterocycles. The Balaban J connectivity index is 2.19. The Hall–Kier alpha value is -1.09. The highest BCUT2D eigenvalue weighted by Gasteiger charge is 2.37. The number of halogens is 1. The van der Waals surface area contributed by atoms with Gasteiger partial charge in [-0.05, 0) is 37.8 Å². The lowest BCUT2D eigenvalue weighted by Crippen LogP contribution is -2.43. The van der Waals surface area contributed by atoms with Gasteiger partial charge in [0.25, 0.3) is 5.91 Å². The van der Waals surface area contributed by atoms with E-state index in [-0.39, 0.29) is 11.9 Å². The Bertz CT molecular complexity index is 442. The van der Waals surface area contributed by atoms with Crippen molar-refractivity contribution in [2.45, 2.75) is 52.1 Å². The number of hydrogen-bond donors (Lipinski definition) is 0. The first-order valence-electron chi connectivity index (χ1n) is 6.98. The molecule has 0 spiro atoms. The first-order valence-corrected chi connectivity index (χ1v) is 7.36. The van der Waals surface area contributed by atoms with Gasteiger partial charge in [0.2, 0.25) is 0 Å². The number of amides is 1. The molecule has 0 N–H and O–H groups in total.